The Morgan fingerprint density at radius 2 is 1.71 bits per heavy atom. The van der Waals surface area contributed by atoms with Crippen LogP contribution in [0.2, 0.25) is 0 Å². The molecule has 8 heteroatoms. The quantitative estimate of drug-likeness (QED) is 0.612. The number of benzene rings is 2. The van der Waals surface area contributed by atoms with Crippen LogP contribution in [0.15, 0.2) is 47.6 Å². The van der Waals surface area contributed by atoms with Gasteiger partial charge >= 0.3 is 6.03 Å². The second kappa shape index (κ2) is 7.59. The van der Waals surface area contributed by atoms with Gasteiger partial charge < -0.3 is 19.5 Å². The van der Waals surface area contributed by atoms with Crippen molar-refractivity contribution in [1.82, 2.24) is 10.3 Å². The van der Waals surface area contributed by atoms with E-state index in [2.05, 4.69) is 10.4 Å². The van der Waals surface area contributed by atoms with E-state index in [0.29, 0.717) is 28.4 Å². The van der Waals surface area contributed by atoms with E-state index >= 15 is 0 Å². The lowest BCUT2D eigenvalue weighted by molar-refractivity contribution is -0.131. The summed E-state index contributed by atoms with van der Waals surface area (Å²) in [5.41, 5.74) is -0.0251. The lowest BCUT2D eigenvalue weighted by Gasteiger charge is -2.21. The van der Waals surface area contributed by atoms with E-state index in [9.17, 15) is 9.59 Å². The molecule has 3 rings (SSSR count). The number of carbonyl (C=O) groups excluding carboxylic acids is 2. The number of nitrogens with zero attached hydrogens (tertiary/aromatic N) is 2. The van der Waals surface area contributed by atoms with Gasteiger partial charge in [0.2, 0.25) is 0 Å². The largest absolute Gasteiger partial charge is 0.497 e. The number of para-hydroxylation sites is 1. The summed E-state index contributed by atoms with van der Waals surface area (Å²) >= 11 is 0. The van der Waals surface area contributed by atoms with Crippen LogP contribution < -0.4 is 19.5 Å². The number of nitrogens with one attached hydrogen (secondary N) is 1. The Bertz CT molecular complexity index is 926. The molecule has 28 heavy (non-hydrogen) atoms. The number of amides is 3. The van der Waals surface area contributed by atoms with E-state index < -0.39 is 17.5 Å². The topological polar surface area (TPSA) is 89.5 Å². The monoisotopic (exact) mass is 383 g/mol. The zero-order valence-corrected chi connectivity index (χ0v) is 16.1. The van der Waals surface area contributed by atoms with Crippen molar-refractivity contribution in [2.75, 3.05) is 21.3 Å². The Labute approximate surface area is 162 Å². The number of carbonyl (C=O) groups is 2. The summed E-state index contributed by atoms with van der Waals surface area (Å²) in [6.45, 7) is 1.64. The van der Waals surface area contributed by atoms with Crippen LogP contribution in [0.4, 0.5) is 4.79 Å². The van der Waals surface area contributed by atoms with Gasteiger partial charge in [0.1, 0.15) is 11.3 Å². The molecule has 0 radical (unpaired) electrons. The molecule has 0 saturated carbocycles. The van der Waals surface area contributed by atoms with Crippen molar-refractivity contribution in [2.24, 2.45) is 5.10 Å². The third kappa shape index (κ3) is 3.24. The first-order valence-electron chi connectivity index (χ1n) is 8.50. The van der Waals surface area contributed by atoms with E-state index in [0.717, 1.165) is 5.01 Å². The smallest absolute Gasteiger partial charge is 0.346 e. The molecule has 2 aromatic carbocycles. The molecule has 0 spiro atoms. The Hall–Kier alpha value is -3.55. The van der Waals surface area contributed by atoms with Crippen molar-refractivity contribution in [1.29, 1.82) is 0 Å². The van der Waals surface area contributed by atoms with Crippen LogP contribution in [0.5, 0.6) is 17.2 Å². The molecular weight excluding hydrogens is 362 g/mol. The maximum atomic E-state index is 12.9. The fourth-order valence-corrected chi connectivity index (χ4v) is 2.98. The van der Waals surface area contributed by atoms with Gasteiger partial charge in [-0.25, -0.2) is 4.79 Å². The Morgan fingerprint density at radius 1 is 1.00 bits per heavy atom. The molecule has 8 nitrogen and oxygen atoms in total. The van der Waals surface area contributed by atoms with E-state index in [1.807, 2.05) is 0 Å². The average molecular weight is 383 g/mol. The Morgan fingerprint density at radius 3 is 2.32 bits per heavy atom. The molecule has 0 aliphatic carbocycles. The SMILES string of the molecule is COc1ccc(C2(C)NC(=O)N(/N=C/c3cccc(OC)c3OC)C2=O)cc1. The summed E-state index contributed by atoms with van der Waals surface area (Å²) < 4.78 is 15.7. The molecular formula is C20H21N3O5. The van der Waals surface area contributed by atoms with Gasteiger partial charge in [0.05, 0.1) is 27.5 Å². The van der Waals surface area contributed by atoms with Crippen LogP contribution in [-0.4, -0.2) is 44.5 Å². The van der Waals surface area contributed by atoms with Crippen molar-refractivity contribution >= 4 is 18.2 Å². The summed E-state index contributed by atoms with van der Waals surface area (Å²) in [4.78, 5) is 25.3. The number of urea groups is 1. The van der Waals surface area contributed by atoms with Gasteiger partial charge in [0.25, 0.3) is 5.91 Å². The van der Waals surface area contributed by atoms with E-state index in [1.54, 1.807) is 56.5 Å². The van der Waals surface area contributed by atoms with E-state index in [1.165, 1.54) is 20.4 Å². The number of hydrogen-bond donors (Lipinski definition) is 1. The van der Waals surface area contributed by atoms with Crippen molar-refractivity contribution < 1.29 is 23.8 Å². The third-order valence-electron chi connectivity index (χ3n) is 4.58. The van der Waals surface area contributed by atoms with Gasteiger partial charge in [-0.1, -0.05) is 18.2 Å². The lowest BCUT2D eigenvalue weighted by atomic mass is 9.92. The summed E-state index contributed by atoms with van der Waals surface area (Å²) in [7, 11) is 4.59. The number of hydrazone groups is 1. The number of ether oxygens (including phenoxy) is 3. The maximum Gasteiger partial charge on any atom is 0.346 e. The third-order valence-corrected chi connectivity index (χ3v) is 4.58. The zero-order chi connectivity index (χ0) is 20.3. The minimum absolute atomic E-state index is 0.457. The second-order valence-corrected chi connectivity index (χ2v) is 6.23. The van der Waals surface area contributed by atoms with Crippen molar-refractivity contribution in [2.45, 2.75) is 12.5 Å². The number of imide groups is 1. The molecule has 0 aromatic heterocycles. The molecule has 3 amide bonds. The molecule has 1 atom stereocenters. The highest BCUT2D eigenvalue weighted by Crippen LogP contribution is 2.32. The highest BCUT2D eigenvalue weighted by molar-refractivity contribution is 6.07. The Balaban J connectivity index is 1.89. The Kier molecular flexibility index (Phi) is 5.21. The van der Waals surface area contributed by atoms with Gasteiger partial charge in [-0.2, -0.15) is 5.10 Å². The molecule has 146 valence electrons. The van der Waals surface area contributed by atoms with E-state index in [-0.39, 0.29) is 0 Å². The molecule has 1 N–H and O–H groups in total. The number of rotatable bonds is 6. The van der Waals surface area contributed by atoms with Gasteiger partial charge in [-0.15, -0.1) is 5.01 Å². The van der Waals surface area contributed by atoms with Crippen molar-refractivity contribution in [3.63, 3.8) is 0 Å². The molecule has 1 saturated heterocycles. The standard InChI is InChI=1S/C20H21N3O5/c1-20(14-8-10-15(26-2)11-9-14)18(24)23(19(25)22-20)21-12-13-6-5-7-16(27-3)17(13)28-4/h5-12H,1-4H3,(H,22,25)/b21-12+. The molecule has 1 fully saturated rings. The average Bonchev–Trinajstić information content (AvgIpc) is 2.95. The van der Waals surface area contributed by atoms with Crippen LogP contribution >= 0.6 is 0 Å². The minimum atomic E-state index is -1.22. The predicted molar refractivity (Wildman–Crippen MR) is 103 cm³/mol. The predicted octanol–water partition coefficient (Wildman–Crippen LogP) is 2.51. The van der Waals surface area contributed by atoms with Gasteiger partial charge in [0.15, 0.2) is 11.5 Å². The van der Waals surface area contributed by atoms with Crippen LogP contribution in [0, 0.1) is 0 Å². The van der Waals surface area contributed by atoms with Crippen LogP contribution in [0.1, 0.15) is 18.1 Å². The maximum absolute atomic E-state index is 12.9. The second-order valence-electron chi connectivity index (χ2n) is 6.23. The number of methoxy groups -OCH3 is 3. The van der Waals surface area contributed by atoms with Gasteiger partial charge in [0, 0.05) is 5.56 Å². The summed E-state index contributed by atoms with van der Waals surface area (Å²) in [6.07, 6.45) is 1.39. The summed E-state index contributed by atoms with van der Waals surface area (Å²) in [5.74, 6) is 1.15. The lowest BCUT2D eigenvalue weighted by Crippen LogP contribution is -2.40. The summed E-state index contributed by atoms with van der Waals surface area (Å²) in [6, 6.07) is 11.6. The van der Waals surface area contributed by atoms with Gasteiger partial charge in [-0.3, -0.25) is 4.79 Å². The van der Waals surface area contributed by atoms with Crippen LogP contribution in [0.3, 0.4) is 0 Å². The van der Waals surface area contributed by atoms with Gasteiger partial charge in [-0.05, 0) is 36.8 Å². The fourth-order valence-electron chi connectivity index (χ4n) is 2.98. The minimum Gasteiger partial charge on any atom is -0.497 e. The summed E-state index contributed by atoms with van der Waals surface area (Å²) in [5, 5.41) is 7.59. The zero-order valence-electron chi connectivity index (χ0n) is 16.1. The molecule has 1 aliphatic heterocycles. The first-order valence-corrected chi connectivity index (χ1v) is 8.50. The molecule has 1 aliphatic rings. The molecule has 1 unspecified atom stereocenters. The van der Waals surface area contributed by atoms with Crippen molar-refractivity contribution in [3.05, 3.63) is 53.6 Å². The first kappa shape index (κ1) is 19.2. The van der Waals surface area contributed by atoms with E-state index in [4.69, 9.17) is 14.2 Å². The highest BCUT2D eigenvalue weighted by atomic mass is 16.5. The fraction of sp³-hybridized carbons (Fsp3) is 0.250. The van der Waals surface area contributed by atoms with Crippen LogP contribution in [-0.2, 0) is 10.3 Å². The first-order chi connectivity index (χ1) is 13.4. The number of hydrogen-bond acceptors (Lipinski definition) is 6. The van der Waals surface area contributed by atoms with Crippen molar-refractivity contribution in [3.8, 4) is 17.2 Å². The van der Waals surface area contributed by atoms with Crippen LogP contribution in [0.25, 0.3) is 0 Å². The molecule has 2 aromatic rings. The highest BCUT2D eigenvalue weighted by Gasteiger charge is 2.49. The molecule has 1 heterocycles. The molecule has 0 bridgehead atoms. The normalized spacial score (nSPS) is 19.1.